The van der Waals surface area contributed by atoms with Gasteiger partial charge in [-0.1, -0.05) is 54.6 Å². The van der Waals surface area contributed by atoms with Gasteiger partial charge in [0.1, 0.15) is 5.75 Å². The van der Waals surface area contributed by atoms with E-state index in [0.29, 0.717) is 29.3 Å². The molecule has 0 saturated heterocycles. The number of nitrogens with zero attached hydrogens (tertiary/aromatic N) is 2. The lowest BCUT2D eigenvalue weighted by Crippen LogP contribution is -2.17. The molecule has 0 unspecified atom stereocenters. The highest BCUT2D eigenvalue weighted by molar-refractivity contribution is 7.71. The number of hydrogen-bond acceptors (Lipinski definition) is 4. The van der Waals surface area contributed by atoms with Crippen molar-refractivity contribution in [2.75, 3.05) is 6.61 Å². The van der Waals surface area contributed by atoms with E-state index in [1.807, 2.05) is 49.4 Å². The largest absolute Gasteiger partial charge is 0.492 e. The molecule has 3 aromatic carbocycles. The third kappa shape index (κ3) is 3.66. The van der Waals surface area contributed by atoms with Crippen LogP contribution in [-0.2, 0) is 0 Å². The summed E-state index contributed by atoms with van der Waals surface area (Å²) >= 11 is 5.46. The van der Waals surface area contributed by atoms with Crippen LogP contribution in [-0.4, -0.2) is 21.1 Å². The molecule has 2 heterocycles. The Bertz CT molecular complexity index is 1660. The van der Waals surface area contributed by atoms with Crippen molar-refractivity contribution in [1.29, 1.82) is 0 Å². The predicted octanol–water partition coefficient (Wildman–Crippen LogP) is 6.60. The molecule has 5 nitrogen and oxygen atoms in total. The molecule has 0 aliphatic rings. The second kappa shape index (κ2) is 8.79. The van der Waals surface area contributed by atoms with E-state index in [4.69, 9.17) is 21.9 Å². The number of aromatic amines is 1. The second-order valence-electron chi connectivity index (χ2n) is 7.62. The smallest absolute Gasteiger partial charge is 0.264 e. The number of para-hydroxylation sites is 2. The Morgan fingerprint density at radius 1 is 1.06 bits per heavy atom. The number of rotatable bonds is 5. The van der Waals surface area contributed by atoms with Gasteiger partial charge < -0.3 is 4.74 Å². The van der Waals surface area contributed by atoms with Crippen LogP contribution in [0, 0.1) is 4.77 Å². The third-order valence-corrected chi connectivity index (χ3v) is 5.88. The average Bonchev–Trinajstić information content (AvgIpc) is 2.84. The van der Waals surface area contributed by atoms with Crippen molar-refractivity contribution in [2.45, 2.75) is 13.3 Å². The lowest BCUT2D eigenvalue weighted by Gasteiger charge is -2.17. The summed E-state index contributed by atoms with van der Waals surface area (Å²) in [6.07, 6.45) is -2.90. The summed E-state index contributed by atoms with van der Waals surface area (Å²) in [4.78, 5) is 20.1. The quantitative estimate of drug-likeness (QED) is 0.291. The van der Waals surface area contributed by atoms with Crippen LogP contribution in [0.2, 0.25) is 0 Å². The normalized spacial score (nSPS) is 11.4. The summed E-state index contributed by atoms with van der Waals surface area (Å²) in [7, 11) is 0. The van der Waals surface area contributed by atoms with Gasteiger partial charge in [0.05, 0.1) is 23.4 Å². The Kier molecular flexibility index (Phi) is 5.67. The molecule has 0 aliphatic heterocycles. The molecule has 0 bridgehead atoms. The predicted molar refractivity (Wildman–Crippen MR) is 132 cm³/mol. The molecule has 5 rings (SSSR count). The third-order valence-electron chi connectivity index (χ3n) is 5.60. The van der Waals surface area contributed by atoms with Crippen LogP contribution in [0.1, 0.15) is 18.9 Å². The number of hydrogen-bond donors (Lipinski definition) is 1. The van der Waals surface area contributed by atoms with Crippen LogP contribution in [0.15, 0.2) is 77.6 Å². The molecule has 0 radical (unpaired) electrons. The summed E-state index contributed by atoms with van der Waals surface area (Å²) in [5.41, 5.74) is 0.421. The van der Waals surface area contributed by atoms with Gasteiger partial charge in [-0.2, -0.15) is 0 Å². The topological polar surface area (TPSA) is 59.9 Å². The van der Waals surface area contributed by atoms with Crippen LogP contribution >= 0.6 is 12.2 Å². The van der Waals surface area contributed by atoms with Gasteiger partial charge in [-0.3, -0.25) is 14.3 Å². The number of H-pyrrole nitrogens is 1. The monoisotopic (exact) mass is 475 g/mol. The number of halogens is 2. The van der Waals surface area contributed by atoms with Gasteiger partial charge in [-0.25, -0.2) is 13.8 Å². The van der Waals surface area contributed by atoms with E-state index in [2.05, 4.69) is 4.98 Å². The minimum atomic E-state index is -2.90. The van der Waals surface area contributed by atoms with E-state index in [1.165, 1.54) is 10.6 Å². The number of aromatic nitrogens is 3. The number of benzene rings is 3. The van der Waals surface area contributed by atoms with E-state index in [-0.39, 0.29) is 15.8 Å². The zero-order valence-corrected chi connectivity index (χ0v) is 18.9. The second-order valence-corrected chi connectivity index (χ2v) is 8.00. The molecule has 0 saturated carbocycles. The van der Waals surface area contributed by atoms with Crippen molar-refractivity contribution in [3.8, 4) is 22.7 Å². The minimum absolute atomic E-state index is 0.0347. The zero-order valence-electron chi connectivity index (χ0n) is 18.1. The number of alkyl halides is 2. The minimum Gasteiger partial charge on any atom is -0.492 e. The first-order valence-corrected chi connectivity index (χ1v) is 11.1. The standard InChI is InChI=1S/C26H19F2N3O2S/c1-2-33-21-13-6-5-12-20(21)31-24-22(25(32)30-26(31)34)18(23(27)28)14-19(29-24)17-11-7-9-15-8-3-4-10-16(15)17/h3-14,23H,2H2,1H3,(H,30,32,34). The van der Waals surface area contributed by atoms with Crippen molar-refractivity contribution in [2.24, 2.45) is 0 Å². The Morgan fingerprint density at radius 2 is 1.79 bits per heavy atom. The van der Waals surface area contributed by atoms with E-state index in [9.17, 15) is 13.6 Å². The highest BCUT2D eigenvalue weighted by atomic mass is 32.1. The van der Waals surface area contributed by atoms with Gasteiger partial charge in [-0.15, -0.1) is 0 Å². The molecular formula is C26H19F2N3O2S. The van der Waals surface area contributed by atoms with Crippen molar-refractivity contribution in [1.82, 2.24) is 14.5 Å². The summed E-state index contributed by atoms with van der Waals surface area (Å²) in [5.74, 6) is 0.491. The number of ether oxygens (including phenoxy) is 1. The first kappa shape index (κ1) is 21.9. The molecule has 0 fully saturated rings. The van der Waals surface area contributed by atoms with Gasteiger partial charge in [0.2, 0.25) is 0 Å². The molecule has 2 aromatic heterocycles. The van der Waals surface area contributed by atoms with E-state index in [1.54, 1.807) is 24.3 Å². The first-order valence-electron chi connectivity index (χ1n) is 10.7. The fourth-order valence-electron chi connectivity index (χ4n) is 4.16. The summed E-state index contributed by atoms with van der Waals surface area (Å²) < 4.78 is 35.8. The molecule has 0 amide bonds. The Balaban J connectivity index is 1.93. The Morgan fingerprint density at radius 3 is 2.59 bits per heavy atom. The highest BCUT2D eigenvalue weighted by Crippen LogP contribution is 2.34. The maximum Gasteiger partial charge on any atom is 0.264 e. The molecule has 0 atom stereocenters. The molecule has 0 aliphatic carbocycles. The number of pyridine rings is 1. The number of fused-ring (bicyclic) bond motifs is 2. The van der Waals surface area contributed by atoms with E-state index >= 15 is 0 Å². The van der Waals surface area contributed by atoms with Crippen molar-refractivity contribution >= 4 is 34.0 Å². The maximum atomic E-state index is 14.3. The highest BCUT2D eigenvalue weighted by Gasteiger charge is 2.22. The Labute approximate surface area is 198 Å². The van der Waals surface area contributed by atoms with Crippen molar-refractivity contribution in [3.05, 3.63) is 93.5 Å². The summed E-state index contributed by atoms with van der Waals surface area (Å²) in [5, 5.41) is 1.60. The molecule has 34 heavy (non-hydrogen) atoms. The van der Waals surface area contributed by atoms with Gasteiger partial charge in [0.15, 0.2) is 10.4 Å². The molecule has 5 aromatic rings. The average molecular weight is 476 g/mol. The lowest BCUT2D eigenvalue weighted by molar-refractivity contribution is 0.153. The molecule has 8 heteroatoms. The van der Waals surface area contributed by atoms with Crippen LogP contribution in [0.25, 0.3) is 38.8 Å². The van der Waals surface area contributed by atoms with Crippen LogP contribution in [0.4, 0.5) is 8.78 Å². The van der Waals surface area contributed by atoms with Crippen LogP contribution < -0.4 is 10.3 Å². The summed E-state index contributed by atoms with van der Waals surface area (Å²) in [6.45, 7) is 2.23. The van der Waals surface area contributed by atoms with Gasteiger partial charge in [-0.05, 0) is 48.1 Å². The van der Waals surface area contributed by atoms with Gasteiger partial charge in [0, 0.05) is 11.1 Å². The van der Waals surface area contributed by atoms with Crippen molar-refractivity contribution < 1.29 is 13.5 Å². The molecule has 170 valence electrons. The van der Waals surface area contributed by atoms with Crippen LogP contribution in [0.3, 0.4) is 0 Å². The van der Waals surface area contributed by atoms with Gasteiger partial charge in [0.25, 0.3) is 12.0 Å². The maximum absolute atomic E-state index is 14.3. The first-order chi connectivity index (χ1) is 16.5. The summed E-state index contributed by atoms with van der Waals surface area (Å²) in [6, 6.07) is 21.6. The van der Waals surface area contributed by atoms with E-state index < -0.39 is 17.5 Å². The molecule has 1 N–H and O–H groups in total. The SMILES string of the molecule is CCOc1ccccc1-n1c(=S)[nH]c(=O)c2c(C(F)F)cc(-c3cccc4ccccc34)nc21. The number of nitrogens with one attached hydrogen (secondary N) is 1. The fourth-order valence-corrected chi connectivity index (χ4v) is 4.44. The zero-order chi connectivity index (χ0) is 23.8. The fraction of sp³-hybridized carbons (Fsp3) is 0.115. The Hall–Kier alpha value is -3.91. The lowest BCUT2D eigenvalue weighted by atomic mass is 10.00. The van der Waals surface area contributed by atoms with Gasteiger partial charge >= 0.3 is 0 Å². The van der Waals surface area contributed by atoms with Crippen molar-refractivity contribution in [3.63, 3.8) is 0 Å². The molecule has 0 spiro atoms. The van der Waals surface area contributed by atoms with Crippen LogP contribution in [0.5, 0.6) is 5.75 Å². The molecular weight excluding hydrogens is 456 g/mol. The van der Waals surface area contributed by atoms with E-state index in [0.717, 1.165) is 10.8 Å².